The predicted octanol–water partition coefficient (Wildman–Crippen LogP) is 4.70. The lowest BCUT2D eigenvalue weighted by atomic mass is 10.1. The van der Waals surface area contributed by atoms with E-state index in [1.54, 1.807) is 17.7 Å². The third-order valence-corrected chi connectivity index (χ3v) is 6.19. The van der Waals surface area contributed by atoms with Crippen molar-refractivity contribution < 1.29 is 9.15 Å². The number of aromatic nitrogens is 2. The van der Waals surface area contributed by atoms with Crippen molar-refractivity contribution in [2.45, 2.75) is 33.1 Å². The van der Waals surface area contributed by atoms with Crippen molar-refractivity contribution >= 4 is 32.5 Å². The molecule has 1 aliphatic rings. The zero-order chi connectivity index (χ0) is 17.8. The first-order valence-corrected chi connectivity index (χ1v) is 9.40. The zero-order valence-corrected chi connectivity index (χ0v) is 15.3. The van der Waals surface area contributed by atoms with Crippen LogP contribution in [-0.4, -0.2) is 9.97 Å². The van der Waals surface area contributed by atoms with Gasteiger partial charge in [0.2, 0.25) is 5.88 Å². The normalized spacial score (nSPS) is 13.5. The van der Waals surface area contributed by atoms with E-state index in [-0.39, 0.29) is 5.63 Å². The second kappa shape index (κ2) is 5.64. The zero-order valence-electron chi connectivity index (χ0n) is 14.5. The number of hydrogen-bond acceptors (Lipinski definition) is 6. The number of ether oxygens (including phenoxy) is 1. The number of nitrogens with zero attached hydrogens (tertiary/aromatic N) is 2. The number of hydrogen-bond donors (Lipinski definition) is 0. The molecule has 0 amide bonds. The molecule has 26 heavy (non-hydrogen) atoms. The Morgan fingerprint density at radius 1 is 1.19 bits per heavy atom. The van der Waals surface area contributed by atoms with Gasteiger partial charge in [0.15, 0.2) is 0 Å². The third kappa shape index (κ3) is 2.25. The molecule has 0 N–H and O–H groups in total. The van der Waals surface area contributed by atoms with Gasteiger partial charge in [0.05, 0.1) is 5.39 Å². The summed E-state index contributed by atoms with van der Waals surface area (Å²) < 4.78 is 11.6. The fourth-order valence-electron chi connectivity index (χ4n) is 3.69. The molecule has 0 saturated carbocycles. The molecule has 4 aromatic rings. The van der Waals surface area contributed by atoms with Crippen LogP contribution in [0, 0.1) is 13.8 Å². The smallest absolute Gasteiger partial charge is 0.336 e. The largest absolute Gasteiger partial charge is 0.438 e. The van der Waals surface area contributed by atoms with Crippen LogP contribution in [0.3, 0.4) is 0 Å². The SMILES string of the molecule is Cc1cc(=O)oc2c(C)c(Oc3ncnc4sc5c(c34)CCC5)ccc12. The van der Waals surface area contributed by atoms with Gasteiger partial charge < -0.3 is 9.15 Å². The fourth-order valence-corrected chi connectivity index (χ4v) is 4.91. The highest BCUT2D eigenvalue weighted by Crippen LogP contribution is 2.41. The van der Waals surface area contributed by atoms with E-state index < -0.39 is 0 Å². The van der Waals surface area contributed by atoms with Gasteiger partial charge in [0, 0.05) is 21.9 Å². The van der Waals surface area contributed by atoms with Gasteiger partial charge in [-0.25, -0.2) is 14.8 Å². The van der Waals surface area contributed by atoms with Gasteiger partial charge in [0.25, 0.3) is 0 Å². The number of rotatable bonds is 2. The summed E-state index contributed by atoms with van der Waals surface area (Å²) in [5.74, 6) is 1.22. The summed E-state index contributed by atoms with van der Waals surface area (Å²) in [7, 11) is 0. The van der Waals surface area contributed by atoms with Crippen LogP contribution in [0.2, 0.25) is 0 Å². The van der Waals surface area contributed by atoms with Crippen molar-refractivity contribution in [2.24, 2.45) is 0 Å². The van der Waals surface area contributed by atoms with Crippen molar-refractivity contribution in [3.8, 4) is 11.6 Å². The second-order valence-electron chi connectivity index (χ2n) is 6.63. The molecule has 0 spiro atoms. The minimum Gasteiger partial charge on any atom is -0.438 e. The molecule has 0 aliphatic heterocycles. The van der Waals surface area contributed by atoms with E-state index in [0.29, 0.717) is 17.2 Å². The average Bonchev–Trinajstić information content (AvgIpc) is 3.19. The molecule has 3 aromatic heterocycles. The highest BCUT2D eigenvalue weighted by molar-refractivity contribution is 7.18. The van der Waals surface area contributed by atoms with E-state index in [9.17, 15) is 4.79 Å². The van der Waals surface area contributed by atoms with Gasteiger partial charge in [-0.15, -0.1) is 11.3 Å². The minimum absolute atomic E-state index is 0.352. The van der Waals surface area contributed by atoms with Gasteiger partial charge in [-0.3, -0.25) is 0 Å². The van der Waals surface area contributed by atoms with Crippen LogP contribution in [-0.2, 0) is 12.8 Å². The highest BCUT2D eigenvalue weighted by atomic mass is 32.1. The molecule has 1 aliphatic carbocycles. The molecule has 130 valence electrons. The number of fused-ring (bicyclic) bond motifs is 4. The molecule has 0 atom stereocenters. The summed E-state index contributed by atoms with van der Waals surface area (Å²) in [6.45, 7) is 3.80. The Bertz CT molecular complexity index is 1240. The van der Waals surface area contributed by atoms with Crippen molar-refractivity contribution in [1.82, 2.24) is 9.97 Å². The summed E-state index contributed by atoms with van der Waals surface area (Å²) in [5.41, 5.74) is 3.22. The van der Waals surface area contributed by atoms with Gasteiger partial charge in [-0.2, -0.15) is 0 Å². The minimum atomic E-state index is -0.352. The molecule has 6 heteroatoms. The third-order valence-electron chi connectivity index (χ3n) is 4.99. The van der Waals surface area contributed by atoms with Crippen molar-refractivity contribution in [2.75, 3.05) is 0 Å². The van der Waals surface area contributed by atoms with Gasteiger partial charge in [-0.05, 0) is 56.4 Å². The van der Waals surface area contributed by atoms with E-state index in [1.165, 1.54) is 22.9 Å². The Hall–Kier alpha value is -2.73. The first-order valence-electron chi connectivity index (χ1n) is 8.59. The summed E-state index contributed by atoms with van der Waals surface area (Å²) in [6, 6.07) is 5.34. The maximum Gasteiger partial charge on any atom is 0.336 e. The van der Waals surface area contributed by atoms with Gasteiger partial charge >= 0.3 is 5.63 Å². The Labute approximate surface area is 153 Å². The molecule has 0 fully saturated rings. The molecule has 5 rings (SSSR count). The lowest BCUT2D eigenvalue weighted by Crippen LogP contribution is -2.00. The van der Waals surface area contributed by atoms with Gasteiger partial charge in [0.1, 0.15) is 22.5 Å². The van der Waals surface area contributed by atoms with Crippen LogP contribution in [0.1, 0.15) is 28.0 Å². The molecule has 1 aromatic carbocycles. The maximum absolute atomic E-state index is 11.8. The maximum atomic E-state index is 11.8. The highest BCUT2D eigenvalue weighted by Gasteiger charge is 2.22. The monoisotopic (exact) mass is 364 g/mol. The second-order valence-corrected chi connectivity index (χ2v) is 7.72. The average molecular weight is 364 g/mol. The summed E-state index contributed by atoms with van der Waals surface area (Å²) in [6.07, 6.45) is 4.87. The topological polar surface area (TPSA) is 65.2 Å². The Balaban J connectivity index is 1.68. The summed E-state index contributed by atoms with van der Waals surface area (Å²) >= 11 is 1.73. The van der Waals surface area contributed by atoms with Crippen molar-refractivity contribution in [3.63, 3.8) is 0 Å². The van der Waals surface area contributed by atoms with E-state index >= 15 is 0 Å². The van der Waals surface area contributed by atoms with Crippen molar-refractivity contribution in [1.29, 1.82) is 0 Å². The molecule has 0 unspecified atom stereocenters. The van der Waals surface area contributed by atoms with Crippen LogP contribution in [0.5, 0.6) is 11.6 Å². The van der Waals surface area contributed by atoms with Crippen LogP contribution in [0.25, 0.3) is 21.2 Å². The van der Waals surface area contributed by atoms with E-state index in [2.05, 4.69) is 9.97 Å². The molecule has 0 bridgehead atoms. The number of thiophene rings is 1. The summed E-state index contributed by atoms with van der Waals surface area (Å²) in [4.78, 5) is 22.9. The first kappa shape index (κ1) is 15.5. The van der Waals surface area contributed by atoms with Crippen molar-refractivity contribution in [3.05, 3.63) is 56.5 Å². The molecule has 0 radical (unpaired) electrons. The number of aryl methyl sites for hydroxylation is 4. The van der Waals surface area contributed by atoms with Crippen LogP contribution in [0.4, 0.5) is 0 Å². The number of benzene rings is 1. The Morgan fingerprint density at radius 3 is 2.96 bits per heavy atom. The standard InChI is InChI=1S/C20H16N2O3S/c1-10-8-16(23)25-18-11(2)14(7-6-12(10)18)24-19-17-13-4-3-5-15(13)26-20(17)22-9-21-19/h6-9H,3-5H2,1-2H3. The Morgan fingerprint density at radius 2 is 2.08 bits per heavy atom. The molecule has 0 saturated heterocycles. The predicted molar refractivity (Wildman–Crippen MR) is 101 cm³/mol. The molecular formula is C20H16N2O3S. The van der Waals surface area contributed by atoms with Crippen LogP contribution >= 0.6 is 11.3 Å². The van der Waals surface area contributed by atoms with Crippen LogP contribution < -0.4 is 10.4 Å². The molecular weight excluding hydrogens is 348 g/mol. The van der Waals surface area contributed by atoms with E-state index in [4.69, 9.17) is 9.15 Å². The first-order chi connectivity index (χ1) is 12.6. The lowest BCUT2D eigenvalue weighted by molar-refractivity contribution is 0.462. The lowest BCUT2D eigenvalue weighted by Gasteiger charge is -2.11. The fraction of sp³-hybridized carbons (Fsp3) is 0.250. The van der Waals surface area contributed by atoms with Gasteiger partial charge in [-0.1, -0.05) is 0 Å². The Kier molecular flexibility index (Phi) is 3.37. The molecule has 3 heterocycles. The van der Waals surface area contributed by atoms with E-state index in [1.807, 2.05) is 26.0 Å². The molecule has 5 nitrogen and oxygen atoms in total. The quantitative estimate of drug-likeness (QED) is 0.483. The van der Waals surface area contributed by atoms with E-state index in [0.717, 1.165) is 39.6 Å². The summed E-state index contributed by atoms with van der Waals surface area (Å²) in [5, 5.41) is 1.94. The van der Waals surface area contributed by atoms with Crippen LogP contribution in [0.15, 0.2) is 33.7 Å².